The summed E-state index contributed by atoms with van der Waals surface area (Å²) in [5.41, 5.74) is 1.47. The van der Waals surface area contributed by atoms with E-state index in [4.69, 9.17) is 0 Å². The van der Waals surface area contributed by atoms with Gasteiger partial charge >= 0.3 is 0 Å². The van der Waals surface area contributed by atoms with Crippen molar-refractivity contribution < 1.29 is 17.6 Å². The SMILES string of the molecule is CC(C)=CCN1CCC(NC(=O)c2ccc(F)c(S(=O)(=O)N3CCCCC3)c2)CC1. The second-order valence-electron chi connectivity index (χ2n) is 8.44. The quantitative estimate of drug-likeness (QED) is 0.694. The van der Waals surface area contributed by atoms with Gasteiger partial charge < -0.3 is 5.32 Å². The molecule has 8 heteroatoms. The first-order valence-corrected chi connectivity index (χ1v) is 12.2. The van der Waals surface area contributed by atoms with Gasteiger partial charge in [0.25, 0.3) is 5.91 Å². The Morgan fingerprint density at radius 2 is 1.80 bits per heavy atom. The van der Waals surface area contributed by atoms with Crippen LogP contribution in [0, 0.1) is 5.82 Å². The predicted octanol–water partition coefficient (Wildman–Crippen LogP) is 3.16. The Bertz CT molecular complexity index is 883. The highest BCUT2D eigenvalue weighted by atomic mass is 32.2. The zero-order chi connectivity index (χ0) is 21.7. The Hall–Kier alpha value is -1.77. The van der Waals surface area contributed by atoms with Crippen LogP contribution in [-0.4, -0.2) is 62.3 Å². The molecule has 1 aromatic carbocycles. The summed E-state index contributed by atoms with van der Waals surface area (Å²) < 4.78 is 41.4. The van der Waals surface area contributed by atoms with Crippen molar-refractivity contribution in [2.45, 2.75) is 56.9 Å². The summed E-state index contributed by atoms with van der Waals surface area (Å²) >= 11 is 0. The van der Waals surface area contributed by atoms with Crippen LogP contribution in [-0.2, 0) is 10.0 Å². The fourth-order valence-electron chi connectivity index (χ4n) is 3.93. The number of nitrogens with zero attached hydrogens (tertiary/aromatic N) is 2. The molecule has 0 aromatic heterocycles. The van der Waals surface area contributed by atoms with Crippen molar-refractivity contribution in [3.8, 4) is 0 Å². The fraction of sp³-hybridized carbons (Fsp3) is 0.591. The van der Waals surface area contributed by atoms with Crippen LogP contribution in [0.2, 0.25) is 0 Å². The molecule has 0 atom stereocenters. The van der Waals surface area contributed by atoms with Gasteiger partial charge in [0.05, 0.1) is 0 Å². The van der Waals surface area contributed by atoms with Crippen molar-refractivity contribution >= 4 is 15.9 Å². The number of hydrogen-bond acceptors (Lipinski definition) is 4. The zero-order valence-corrected chi connectivity index (χ0v) is 18.7. The van der Waals surface area contributed by atoms with Crippen molar-refractivity contribution in [1.82, 2.24) is 14.5 Å². The molecule has 1 amide bonds. The monoisotopic (exact) mass is 437 g/mol. The number of likely N-dealkylation sites (tertiary alicyclic amines) is 1. The molecule has 3 rings (SSSR count). The summed E-state index contributed by atoms with van der Waals surface area (Å²) in [4.78, 5) is 14.6. The molecule has 0 radical (unpaired) electrons. The molecule has 6 nitrogen and oxygen atoms in total. The van der Waals surface area contributed by atoms with E-state index in [1.807, 2.05) is 0 Å². The maximum Gasteiger partial charge on any atom is 0.251 e. The largest absolute Gasteiger partial charge is 0.349 e. The fourth-order valence-corrected chi connectivity index (χ4v) is 5.53. The van der Waals surface area contributed by atoms with E-state index in [2.05, 4.69) is 30.1 Å². The second kappa shape index (κ2) is 10.0. The van der Waals surface area contributed by atoms with Crippen molar-refractivity contribution in [3.63, 3.8) is 0 Å². The third kappa shape index (κ3) is 5.68. The van der Waals surface area contributed by atoms with Crippen LogP contribution >= 0.6 is 0 Å². The Kier molecular flexibility index (Phi) is 7.65. The number of nitrogens with one attached hydrogen (secondary N) is 1. The minimum atomic E-state index is -3.94. The first-order valence-electron chi connectivity index (χ1n) is 10.7. The summed E-state index contributed by atoms with van der Waals surface area (Å²) in [6.07, 6.45) is 6.39. The summed E-state index contributed by atoms with van der Waals surface area (Å²) in [5, 5.41) is 2.99. The molecule has 0 saturated carbocycles. The normalized spacial score (nSPS) is 19.4. The van der Waals surface area contributed by atoms with E-state index < -0.39 is 20.7 Å². The van der Waals surface area contributed by atoms with Crippen LogP contribution in [0.3, 0.4) is 0 Å². The molecular weight excluding hydrogens is 405 g/mol. The van der Waals surface area contributed by atoms with Crippen LogP contribution in [0.5, 0.6) is 0 Å². The number of hydrogen-bond donors (Lipinski definition) is 1. The van der Waals surface area contributed by atoms with Gasteiger partial charge in [-0.2, -0.15) is 4.31 Å². The van der Waals surface area contributed by atoms with Crippen molar-refractivity contribution in [2.75, 3.05) is 32.7 Å². The van der Waals surface area contributed by atoms with Gasteiger partial charge in [-0.15, -0.1) is 0 Å². The van der Waals surface area contributed by atoms with Crippen molar-refractivity contribution in [2.24, 2.45) is 0 Å². The first kappa shape index (κ1) is 22.9. The maximum atomic E-state index is 14.4. The lowest BCUT2D eigenvalue weighted by atomic mass is 10.0. The molecule has 2 aliphatic rings. The van der Waals surface area contributed by atoms with Crippen molar-refractivity contribution in [3.05, 3.63) is 41.2 Å². The Balaban J connectivity index is 1.65. The minimum absolute atomic E-state index is 0.0349. The molecule has 2 heterocycles. The minimum Gasteiger partial charge on any atom is -0.349 e. The third-order valence-corrected chi connectivity index (χ3v) is 7.72. The van der Waals surface area contributed by atoms with Gasteiger partial charge in [-0.1, -0.05) is 18.1 Å². The van der Waals surface area contributed by atoms with E-state index in [0.717, 1.165) is 57.8 Å². The van der Waals surface area contributed by atoms with Crippen LogP contribution in [0.1, 0.15) is 56.3 Å². The summed E-state index contributed by atoms with van der Waals surface area (Å²) in [6.45, 7) is 7.65. The molecule has 30 heavy (non-hydrogen) atoms. The van der Waals surface area contributed by atoms with Crippen LogP contribution < -0.4 is 5.32 Å². The number of piperidine rings is 2. The highest BCUT2D eigenvalue weighted by Crippen LogP contribution is 2.24. The van der Waals surface area contributed by atoms with E-state index in [9.17, 15) is 17.6 Å². The molecule has 2 aliphatic heterocycles. The zero-order valence-electron chi connectivity index (χ0n) is 17.9. The molecule has 1 N–H and O–H groups in total. The van der Waals surface area contributed by atoms with Gasteiger partial charge in [0, 0.05) is 44.3 Å². The summed E-state index contributed by atoms with van der Waals surface area (Å²) in [7, 11) is -3.94. The number of benzene rings is 1. The van der Waals surface area contributed by atoms with Gasteiger partial charge in [0.2, 0.25) is 10.0 Å². The van der Waals surface area contributed by atoms with Crippen LogP contribution in [0.4, 0.5) is 4.39 Å². The van der Waals surface area contributed by atoms with E-state index >= 15 is 0 Å². The lowest BCUT2D eigenvalue weighted by molar-refractivity contribution is 0.0913. The van der Waals surface area contributed by atoms with E-state index in [1.54, 1.807) is 0 Å². The average molecular weight is 438 g/mol. The second-order valence-corrected chi connectivity index (χ2v) is 10.3. The molecule has 1 aromatic rings. The number of carbonyl (C=O) groups is 1. The van der Waals surface area contributed by atoms with E-state index in [-0.39, 0.29) is 17.5 Å². The molecule has 2 saturated heterocycles. The number of carbonyl (C=O) groups excluding carboxylic acids is 1. The molecular formula is C22H32FN3O3S. The molecule has 0 spiro atoms. The summed E-state index contributed by atoms with van der Waals surface area (Å²) in [5.74, 6) is -1.17. The highest BCUT2D eigenvalue weighted by molar-refractivity contribution is 7.89. The number of amides is 1. The van der Waals surface area contributed by atoms with Gasteiger partial charge in [0.15, 0.2) is 0 Å². The predicted molar refractivity (Wildman–Crippen MR) is 115 cm³/mol. The molecule has 0 unspecified atom stereocenters. The van der Waals surface area contributed by atoms with Gasteiger partial charge in [-0.05, 0) is 57.7 Å². The van der Waals surface area contributed by atoms with Gasteiger partial charge in [0.1, 0.15) is 10.7 Å². The first-order chi connectivity index (χ1) is 14.3. The number of halogens is 1. The van der Waals surface area contributed by atoms with Crippen LogP contribution in [0.15, 0.2) is 34.7 Å². The summed E-state index contributed by atoms with van der Waals surface area (Å²) in [6, 6.07) is 3.64. The standard InChI is InChI=1S/C22H32FN3O3S/c1-17(2)8-13-25-14-9-19(10-15-25)24-22(27)18-6-7-20(23)21(16-18)30(28,29)26-11-4-3-5-12-26/h6-8,16,19H,3-5,9-15H2,1-2H3,(H,24,27). The lowest BCUT2D eigenvalue weighted by Crippen LogP contribution is -2.44. The van der Waals surface area contributed by atoms with E-state index in [0.29, 0.717) is 13.1 Å². The number of sulfonamides is 1. The average Bonchev–Trinajstić information content (AvgIpc) is 2.74. The van der Waals surface area contributed by atoms with Crippen LogP contribution in [0.25, 0.3) is 0 Å². The number of rotatable bonds is 6. The Morgan fingerprint density at radius 3 is 2.43 bits per heavy atom. The smallest absolute Gasteiger partial charge is 0.251 e. The lowest BCUT2D eigenvalue weighted by Gasteiger charge is -2.31. The molecule has 0 aliphatic carbocycles. The van der Waals surface area contributed by atoms with Gasteiger partial charge in [-0.25, -0.2) is 12.8 Å². The van der Waals surface area contributed by atoms with E-state index in [1.165, 1.54) is 22.0 Å². The number of allylic oxidation sites excluding steroid dienone is 1. The maximum absolute atomic E-state index is 14.4. The molecule has 0 bridgehead atoms. The molecule has 166 valence electrons. The Labute approximate surface area is 179 Å². The topological polar surface area (TPSA) is 69.7 Å². The highest BCUT2D eigenvalue weighted by Gasteiger charge is 2.30. The van der Waals surface area contributed by atoms with Gasteiger partial charge in [-0.3, -0.25) is 9.69 Å². The Morgan fingerprint density at radius 1 is 1.13 bits per heavy atom. The molecule has 2 fully saturated rings. The van der Waals surface area contributed by atoms with Crippen molar-refractivity contribution in [1.29, 1.82) is 0 Å². The third-order valence-electron chi connectivity index (χ3n) is 5.81.